The van der Waals surface area contributed by atoms with Crippen molar-refractivity contribution in [2.45, 2.75) is 26.4 Å². The van der Waals surface area contributed by atoms with Crippen LogP contribution in [0.5, 0.6) is 0 Å². The molecule has 17 heavy (non-hydrogen) atoms. The van der Waals surface area contributed by atoms with Crippen LogP contribution in [0.2, 0.25) is 13.1 Å². The Kier molecular flexibility index (Phi) is 2.44. The van der Waals surface area contributed by atoms with Gasteiger partial charge in [0.1, 0.15) is 0 Å². The van der Waals surface area contributed by atoms with E-state index in [2.05, 4.69) is 56.4 Å². The normalized spacial score (nSPS) is 14.8. The first-order chi connectivity index (χ1) is 8.18. The largest absolute Gasteiger partial charge is 0.0799 e. The molecule has 0 aliphatic heterocycles. The average Bonchev–Trinajstić information content (AvgIpc) is 2.65. The van der Waals surface area contributed by atoms with Gasteiger partial charge in [0.2, 0.25) is 0 Å². The highest BCUT2D eigenvalue weighted by atomic mass is 28.3. The van der Waals surface area contributed by atoms with Gasteiger partial charge in [-0.3, -0.25) is 0 Å². The molecule has 85 valence electrons. The van der Waals surface area contributed by atoms with E-state index in [1.165, 1.54) is 16.3 Å². The Morgan fingerprint density at radius 1 is 1.00 bits per heavy atom. The Bertz CT molecular complexity index is 620. The highest BCUT2D eigenvalue weighted by molar-refractivity contribution is 6.77. The lowest BCUT2D eigenvalue weighted by Crippen LogP contribution is -2.04. The van der Waals surface area contributed by atoms with E-state index in [9.17, 15) is 0 Å². The van der Waals surface area contributed by atoms with E-state index in [4.69, 9.17) is 0 Å². The van der Waals surface area contributed by atoms with E-state index in [0.717, 1.165) is 6.42 Å². The average molecular weight is 237 g/mol. The summed E-state index contributed by atoms with van der Waals surface area (Å²) in [6, 6.07) is 13.4. The van der Waals surface area contributed by atoms with Gasteiger partial charge in [-0.2, -0.15) is 0 Å². The van der Waals surface area contributed by atoms with Crippen molar-refractivity contribution in [3.63, 3.8) is 0 Å². The van der Waals surface area contributed by atoms with Crippen molar-refractivity contribution in [2.75, 3.05) is 0 Å². The first kappa shape index (κ1) is 10.8. The second-order valence-electron chi connectivity index (χ2n) is 5.14. The van der Waals surface area contributed by atoms with E-state index in [1.807, 2.05) is 0 Å². The van der Waals surface area contributed by atoms with Crippen LogP contribution in [0, 0.1) is 0 Å². The van der Waals surface area contributed by atoms with E-state index in [0.29, 0.717) is 0 Å². The smallest absolute Gasteiger partial charge is 0.0693 e. The molecule has 1 radical (unpaired) electrons. The van der Waals surface area contributed by atoms with Crippen LogP contribution < -0.4 is 0 Å². The van der Waals surface area contributed by atoms with Crippen molar-refractivity contribution in [3.8, 4) is 0 Å². The summed E-state index contributed by atoms with van der Waals surface area (Å²) in [5.41, 5.74) is 4.68. The molecule has 2 aromatic rings. The third-order valence-electron chi connectivity index (χ3n) is 3.68. The number of hydrogen-bond acceptors (Lipinski definition) is 0. The van der Waals surface area contributed by atoms with Crippen LogP contribution in [0.4, 0.5) is 0 Å². The second-order valence-corrected chi connectivity index (χ2v) is 7.64. The lowest BCUT2D eigenvalue weighted by molar-refractivity contribution is 1.21. The third-order valence-corrected chi connectivity index (χ3v) is 5.37. The maximum atomic E-state index is 2.40. The molecule has 0 bridgehead atoms. The van der Waals surface area contributed by atoms with Crippen molar-refractivity contribution in [2.24, 2.45) is 0 Å². The maximum Gasteiger partial charge on any atom is 0.0799 e. The number of allylic oxidation sites excluding steroid dienone is 1. The molecule has 0 heterocycles. The Morgan fingerprint density at radius 2 is 1.76 bits per heavy atom. The summed E-state index contributed by atoms with van der Waals surface area (Å²) in [6.07, 6.45) is 1.15. The summed E-state index contributed by atoms with van der Waals surface area (Å²) in [5, 5.41) is 4.49. The van der Waals surface area contributed by atoms with Crippen LogP contribution in [0.1, 0.15) is 18.1 Å². The molecule has 1 aliphatic carbocycles. The third kappa shape index (κ3) is 1.57. The zero-order valence-electron chi connectivity index (χ0n) is 10.7. The van der Waals surface area contributed by atoms with Crippen molar-refractivity contribution in [3.05, 3.63) is 53.1 Å². The van der Waals surface area contributed by atoms with Gasteiger partial charge >= 0.3 is 0 Å². The molecule has 0 unspecified atom stereocenters. The zero-order valence-corrected chi connectivity index (χ0v) is 11.7. The van der Waals surface area contributed by atoms with Gasteiger partial charge in [0.05, 0.1) is 8.80 Å². The Morgan fingerprint density at radius 3 is 2.53 bits per heavy atom. The van der Waals surface area contributed by atoms with Crippen molar-refractivity contribution in [1.82, 2.24) is 0 Å². The molecular weight excluding hydrogens is 220 g/mol. The molecule has 2 aromatic carbocycles. The Hall–Kier alpha value is -1.34. The lowest BCUT2D eigenvalue weighted by atomic mass is 10.0. The van der Waals surface area contributed by atoms with E-state index >= 15 is 0 Å². The van der Waals surface area contributed by atoms with Crippen LogP contribution in [0.25, 0.3) is 16.0 Å². The molecule has 1 aliphatic rings. The van der Waals surface area contributed by atoms with Gasteiger partial charge in [-0.25, -0.2) is 0 Å². The van der Waals surface area contributed by atoms with Crippen molar-refractivity contribution >= 4 is 24.8 Å². The minimum atomic E-state index is -0.361. The summed E-state index contributed by atoms with van der Waals surface area (Å²) in [7, 11) is -0.361. The molecule has 0 saturated carbocycles. The van der Waals surface area contributed by atoms with Gasteiger partial charge in [0.15, 0.2) is 0 Å². The number of benzene rings is 2. The van der Waals surface area contributed by atoms with Gasteiger partial charge in [-0.1, -0.05) is 60.3 Å². The summed E-state index contributed by atoms with van der Waals surface area (Å²) in [4.78, 5) is 0. The molecule has 0 amide bonds. The Balaban J connectivity index is 2.29. The maximum absolute atomic E-state index is 2.40. The number of fused-ring (bicyclic) bond motifs is 3. The predicted octanol–water partition coefficient (Wildman–Crippen LogP) is 4.46. The van der Waals surface area contributed by atoms with Gasteiger partial charge in [-0.15, -0.1) is 0 Å². The van der Waals surface area contributed by atoms with Crippen LogP contribution in [-0.2, 0) is 6.42 Å². The molecule has 0 fully saturated rings. The fraction of sp³-hybridized carbons (Fsp3) is 0.250. The second kappa shape index (κ2) is 3.85. The predicted molar refractivity (Wildman–Crippen MR) is 77.7 cm³/mol. The number of hydrogen-bond donors (Lipinski definition) is 0. The fourth-order valence-corrected chi connectivity index (χ4v) is 4.76. The van der Waals surface area contributed by atoms with Crippen molar-refractivity contribution < 1.29 is 0 Å². The summed E-state index contributed by atoms with van der Waals surface area (Å²) < 4.78 is 0. The highest BCUT2D eigenvalue weighted by Crippen LogP contribution is 2.38. The standard InChI is InChI=1S/C16H17Si/c1-11-10-15-13-7-5-4-6-12(13)8-9-14(15)16(11)17(2)3/h4-9H,10H2,1-3H3. The van der Waals surface area contributed by atoms with E-state index in [1.54, 1.807) is 16.3 Å². The quantitative estimate of drug-likeness (QED) is 0.642. The van der Waals surface area contributed by atoms with E-state index < -0.39 is 0 Å². The molecule has 0 N–H and O–H groups in total. The highest BCUT2D eigenvalue weighted by Gasteiger charge is 2.22. The summed E-state index contributed by atoms with van der Waals surface area (Å²) in [5.74, 6) is 0. The van der Waals surface area contributed by atoms with Crippen LogP contribution >= 0.6 is 0 Å². The summed E-state index contributed by atoms with van der Waals surface area (Å²) in [6.45, 7) is 7.10. The number of rotatable bonds is 1. The molecule has 1 heteroatoms. The van der Waals surface area contributed by atoms with Gasteiger partial charge in [0, 0.05) is 0 Å². The molecule has 3 rings (SSSR count). The monoisotopic (exact) mass is 237 g/mol. The molecule has 0 saturated heterocycles. The molecule has 0 spiro atoms. The minimum Gasteiger partial charge on any atom is -0.0693 e. The van der Waals surface area contributed by atoms with Crippen LogP contribution in [-0.4, -0.2) is 8.80 Å². The van der Waals surface area contributed by atoms with Gasteiger partial charge < -0.3 is 0 Å². The lowest BCUT2D eigenvalue weighted by Gasteiger charge is -2.10. The van der Waals surface area contributed by atoms with E-state index in [-0.39, 0.29) is 8.80 Å². The first-order valence-electron chi connectivity index (χ1n) is 6.20. The SMILES string of the molecule is CC1=C([Si](C)C)c2ccc3ccccc3c2C1. The summed E-state index contributed by atoms with van der Waals surface area (Å²) >= 11 is 0. The molecule has 0 aromatic heterocycles. The van der Waals surface area contributed by atoms with Crippen LogP contribution in [0.3, 0.4) is 0 Å². The van der Waals surface area contributed by atoms with Crippen LogP contribution in [0.15, 0.2) is 42.0 Å². The fourth-order valence-electron chi connectivity index (χ4n) is 3.04. The molecular formula is C16H17Si. The van der Waals surface area contributed by atoms with Gasteiger partial charge in [-0.05, 0) is 35.2 Å². The minimum absolute atomic E-state index is 0.361. The van der Waals surface area contributed by atoms with Crippen molar-refractivity contribution in [1.29, 1.82) is 0 Å². The van der Waals surface area contributed by atoms with Gasteiger partial charge in [0.25, 0.3) is 0 Å². The Labute approximate surface area is 105 Å². The molecule has 0 atom stereocenters. The topological polar surface area (TPSA) is 0 Å². The zero-order chi connectivity index (χ0) is 12.0. The molecule has 0 nitrogen and oxygen atoms in total. The first-order valence-corrected chi connectivity index (χ1v) is 8.70.